The number of ether oxygens (including phenoxy) is 1. The fourth-order valence-electron chi connectivity index (χ4n) is 2.72. The van der Waals surface area contributed by atoms with Crippen molar-refractivity contribution >= 4 is 11.9 Å². The molecular formula is C17H16F3N3O4. The minimum atomic E-state index is -4.83. The zero-order chi connectivity index (χ0) is 19.8. The van der Waals surface area contributed by atoms with Crippen LogP contribution in [0.5, 0.6) is 0 Å². The number of hydrogen-bond donors (Lipinski definition) is 1. The van der Waals surface area contributed by atoms with E-state index >= 15 is 0 Å². The highest BCUT2D eigenvalue weighted by Gasteiger charge is 2.41. The molecule has 0 saturated carbocycles. The summed E-state index contributed by atoms with van der Waals surface area (Å²) in [5, 5.41) is 12.9. The van der Waals surface area contributed by atoms with Gasteiger partial charge in [0.05, 0.1) is 24.6 Å². The van der Waals surface area contributed by atoms with Crippen LogP contribution in [-0.2, 0) is 10.9 Å². The molecule has 1 aliphatic rings. The number of esters is 1. The lowest BCUT2D eigenvalue weighted by molar-refractivity contribution is -0.143. The van der Waals surface area contributed by atoms with Crippen LogP contribution in [0, 0.1) is 0 Å². The monoisotopic (exact) mass is 383 g/mol. The average Bonchev–Trinajstić information content (AvgIpc) is 3.04. The molecule has 0 bridgehead atoms. The van der Waals surface area contributed by atoms with Crippen LogP contribution in [0.15, 0.2) is 30.5 Å². The summed E-state index contributed by atoms with van der Waals surface area (Å²) in [7, 11) is 0. The molecule has 144 valence electrons. The molecule has 0 spiro atoms. The number of amides is 1. The fraction of sp³-hybridized carbons (Fsp3) is 0.353. The van der Waals surface area contributed by atoms with Crippen LogP contribution in [0.4, 0.5) is 13.2 Å². The summed E-state index contributed by atoms with van der Waals surface area (Å²) in [6, 6.07) is 5.35. The van der Waals surface area contributed by atoms with Crippen molar-refractivity contribution in [3.05, 3.63) is 47.3 Å². The third kappa shape index (κ3) is 3.65. The fourth-order valence-corrected chi connectivity index (χ4v) is 2.72. The normalized spacial score (nSPS) is 14.8. The van der Waals surface area contributed by atoms with Crippen LogP contribution in [0.25, 0.3) is 5.69 Å². The Kier molecular flexibility index (Phi) is 4.92. The Morgan fingerprint density at radius 3 is 2.41 bits per heavy atom. The van der Waals surface area contributed by atoms with Crippen LogP contribution < -0.4 is 0 Å². The van der Waals surface area contributed by atoms with Gasteiger partial charge in [0.2, 0.25) is 0 Å². The van der Waals surface area contributed by atoms with E-state index < -0.39 is 29.5 Å². The molecule has 3 rings (SSSR count). The zero-order valence-electron chi connectivity index (χ0n) is 14.2. The first-order chi connectivity index (χ1) is 12.7. The van der Waals surface area contributed by atoms with E-state index in [1.54, 1.807) is 0 Å². The Labute approximate surface area is 151 Å². The van der Waals surface area contributed by atoms with Crippen LogP contribution in [0.1, 0.15) is 33.3 Å². The lowest BCUT2D eigenvalue weighted by Gasteiger charge is -2.35. The van der Waals surface area contributed by atoms with Gasteiger partial charge in [0.1, 0.15) is 5.56 Å². The lowest BCUT2D eigenvalue weighted by Crippen LogP contribution is -2.53. The van der Waals surface area contributed by atoms with Gasteiger partial charge in [-0.1, -0.05) is 0 Å². The molecule has 10 heteroatoms. The summed E-state index contributed by atoms with van der Waals surface area (Å²) in [6.45, 7) is 1.87. The number of rotatable bonds is 4. The Morgan fingerprint density at radius 1 is 1.26 bits per heavy atom. The van der Waals surface area contributed by atoms with Gasteiger partial charge in [0.25, 0.3) is 5.91 Å². The van der Waals surface area contributed by atoms with E-state index in [1.165, 1.54) is 36.1 Å². The number of halogens is 3. The van der Waals surface area contributed by atoms with Gasteiger partial charge in [0, 0.05) is 18.7 Å². The van der Waals surface area contributed by atoms with Gasteiger partial charge >= 0.3 is 12.1 Å². The highest BCUT2D eigenvalue weighted by atomic mass is 19.4. The molecule has 1 aliphatic heterocycles. The van der Waals surface area contributed by atoms with Gasteiger partial charge in [-0.25, -0.2) is 9.48 Å². The highest BCUT2D eigenvalue weighted by Crippen LogP contribution is 2.34. The molecule has 7 nitrogen and oxygen atoms in total. The molecule has 1 amide bonds. The zero-order valence-corrected chi connectivity index (χ0v) is 14.2. The van der Waals surface area contributed by atoms with Gasteiger partial charge in [-0.15, -0.1) is 0 Å². The number of β-amino-alcohol motifs (C(OH)–C–C–N with tert-alkyl or cyclic N) is 1. The van der Waals surface area contributed by atoms with Crippen molar-refractivity contribution in [2.45, 2.75) is 19.2 Å². The number of aromatic nitrogens is 2. The van der Waals surface area contributed by atoms with Crippen molar-refractivity contribution < 1.29 is 32.6 Å². The molecule has 1 saturated heterocycles. The largest absolute Gasteiger partial charge is 0.462 e. The van der Waals surface area contributed by atoms with Crippen molar-refractivity contribution in [3.63, 3.8) is 0 Å². The second kappa shape index (κ2) is 7.03. The Morgan fingerprint density at radius 2 is 1.89 bits per heavy atom. The van der Waals surface area contributed by atoms with Crippen molar-refractivity contribution in [2.24, 2.45) is 0 Å². The maximum absolute atomic E-state index is 13.5. The van der Waals surface area contributed by atoms with Crippen LogP contribution >= 0.6 is 0 Å². The minimum Gasteiger partial charge on any atom is -0.462 e. The topological polar surface area (TPSA) is 84.7 Å². The van der Waals surface area contributed by atoms with E-state index in [1.807, 2.05) is 0 Å². The molecule has 2 heterocycles. The summed E-state index contributed by atoms with van der Waals surface area (Å²) in [4.78, 5) is 25.4. The van der Waals surface area contributed by atoms with Gasteiger partial charge in [-0.3, -0.25) is 4.79 Å². The number of aliphatic hydroxyl groups excluding tert-OH is 1. The van der Waals surface area contributed by atoms with Gasteiger partial charge in [-0.05, 0) is 31.2 Å². The third-order valence-corrected chi connectivity index (χ3v) is 4.04. The van der Waals surface area contributed by atoms with E-state index in [-0.39, 0.29) is 36.9 Å². The molecule has 0 atom stereocenters. The number of likely N-dealkylation sites (tertiary alicyclic amines) is 1. The SMILES string of the molecule is CCOC(=O)c1cnn(-c2ccc(C(=O)N3CC(O)C3)cc2)c1C(F)(F)F. The molecule has 0 radical (unpaired) electrons. The van der Waals surface area contributed by atoms with Crippen LogP contribution in [0.3, 0.4) is 0 Å². The van der Waals surface area contributed by atoms with Crippen LogP contribution in [0.2, 0.25) is 0 Å². The van der Waals surface area contributed by atoms with Crippen LogP contribution in [-0.4, -0.2) is 57.5 Å². The predicted octanol–water partition coefficient (Wildman–Crippen LogP) is 1.88. The van der Waals surface area contributed by atoms with E-state index in [2.05, 4.69) is 9.84 Å². The molecule has 1 N–H and O–H groups in total. The first-order valence-electron chi connectivity index (χ1n) is 8.12. The molecule has 2 aromatic rings. The van der Waals surface area contributed by atoms with Gasteiger partial charge in [-0.2, -0.15) is 18.3 Å². The number of nitrogens with zero attached hydrogens (tertiary/aromatic N) is 3. The average molecular weight is 383 g/mol. The number of aliphatic hydroxyl groups is 1. The number of hydrogen-bond acceptors (Lipinski definition) is 5. The second-order valence-electron chi connectivity index (χ2n) is 5.95. The Balaban J connectivity index is 1.92. The Hall–Kier alpha value is -2.88. The minimum absolute atomic E-state index is 0.0399. The molecule has 1 fully saturated rings. The maximum atomic E-state index is 13.5. The number of benzene rings is 1. The Bertz CT molecular complexity index is 855. The number of carbonyl (C=O) groups excluding carboxylic acids is 2. The van der Waals surface area contributed by atoms with Crippen molar-refractivity contribution in [1.29, 1.82) is 0 Å². The molecule has 1 aromatic heterocycles. The summed E-state index contributed by atoms with van der Waals surface area (Å²) in [5.74, 6) is -1.44. The van der Waals surface area contributed by atoms with Gasteiger partial charge < -0.3 is 14.7 Å². The third-order valence-electron chi connectivity index (χ3n) is 4.04. The first-order valence-corrected chi connectivity index (χ1v) is 8.12. The smallest absolute Gasteiger partial charge is 0.434 e. The quantitative estimate of drug-likeness (QED) is 0.815. The summed E-state index contributed by atoms with van der Waals surface area (Å²) in [5.41, 5.74) is -1.61. The molecule has 1 aromatic carbocycles. The maximum Gasteiger partial charge on any atom is 0.434 e. The van der Waals surface area contributed by atoms with E-state index in [9.17, 15) is 27.9 Å². The van der Waals surface area contributed by atoms with E-state index in [4.69, 9.17) is 0 Å². The van der Waals surface area contributed by atoms with E-state index in [0.29, 0.717) is 4.68 Å². The first kappa shape index (κ1) is 18.9. The number of carbonyl (C=O) groups is 2. The molecule has 0 aliphatic carbocycles. The second-order valence-corrected chi connectivity index (χ2v) is 5.95. The molecule has 27 heavy (non-hydrogen) atoms. The standard InChI is InChI=1S/C17H16F3N3O4/c1-2-27-16(26)13-7-21-23(14(13)17(18,19)20)11-5-3-10(4-6-11)15(25)22-8-12(24)9-22/h3-7,12,24H,2,8-9H2,1H3. The lowest BCUT2D eigenvalue weighted by atomic mass is 10.1. The van der Waals surface area contributed by atoms with Crippen molar-refractivity contribution in [3.8, 4) is 5.69 Å². The van der Waals surface area contributed by atoms with Gasteiger partial charge in [0.15, 0.2) is 5.69 Å². The molecular weight excluding hydrogens is 367 g/mol. The summed E-state index contributed by atoms with van der Waals surface area (Å²) in [6.07, 6.45) is -4.57. The summed E-state index contributed by atoms with van der Waals surface area (Å²) >= 11 is 0. The van der Waals surface area contributed by atoms with E-state index in [0.717, 1.165) is 6.20 Å². The molecule has 0 unspecified atom stereocenters. The highest BCUT2D eigenvalue weighted by molar-refractivity contribution is 5.95. The van der Waals surface area contributed by atoms with Crippen molar-refractivity contribution in [1.82, 2.24) is 14.7 Å². The summed E-state index contributed by atoms with van der Waals surface area (Å²) < 4.78 is 45.7. The predicted molar refractivity (Wildman–Crippen MR) is 86.4 cm³/mol. The number of alkyl halides is 3. The van der Waals surface area contributed by atoms with Crippen molar-refractivity contribution in [2.75, 3.05) is 19.7 Å².